The molecule has 2 aliphatic rings. The van der Waals surface area contributed by atoms with Crippen LogP contribution in [0, 0.1) is 5.92 Å². The summed E-state index contributed by atoms with van der Waals surface area (Å²) in [6.07, 6.45) is 6.24. The van der Waals surface area contributed by atoms with Crippen LogP contribution in [0.25, 0.3) is 6.08 Å². The van der Waals surface area contributed by atoms with E-state index in [1.54, 1.807) is 6.08 Å². The van der Waals surface area contributed by atoms with Gasteiger partial charge in [-0.25, -0.2) is 4.79 Å². The highest BCUT2D eigenvalue weighted by atomic mass is 16.5. The van der Waals surface area contributed by atoms with E-state index in [0.29, 0.717) is 11.5 Å². The molecule has 1 aromatic carbocycles. The summed E-state index contributed by atoms with van der Waals surface area (Å²) in [5.41, 5.74) is 1.27. The quantitative estimate of drug-likeness (QED) is 0.863. The maximum Gasteiger partial charge on any atom is 0.338 e. The molecule has 0 unspecified atom stereocenters. The van der Waals surface area contributed by atoms with E-state index in [-0.39, 0.29) is 25.2 Å². The number of hydrogen-bond acceptors (Lipinski definition) is 4. The van der Waals surface area contributed by atoms with Gasteiger partial charge in [-0.15, -0.1) is 0 Å². The number of esters is 1. The van der Waals surface area contributed by atoms with Gasteiger partial charge in [-0.2, -0.15) is 0 Å². The van der Waals surface area contributed by atoms with Crippen molar-refractivity contribution in [2.24, 2.45) is 5.92 Å². The molecule has 1 N–H and O–H groups in total. The minimum Gasteiger partial charge on any atom is -0.488 e. The Hall–Kier alpha value is -2.30. The van der Waals surface area contributed by atoms with Crippen LogP contribution >= 0.6 is 0 Å². The first-order chi connectivity index (χ1) is 11.6. The molecule has 3 rings (SSSR count). The zero-order valence-corrected chi connectivity index (χ0v) is 13.9. The second kappa shape index (κ2) is 7.51. The standard InChI is InChI=1S/C19H23NO4/c1-13-6-2-4-8-16(13)20-18(21)12-24-19(22)15-10-14-7-3-5-9-17(14)23-11-15/h3,5,7,9-10,13,16H,2,4,6,8,11-12H2,1H3,(H,20,21)/t13-,16+/m1/s1. The molecule has 0 spiro atoms. The van der Waals surface area contributed by atoms with Crippen molar-refractivity contribution in [3.8, 4) is 5.75 Å². The van der Waals surface area contributed by atoms with E-state index in [1.807, 2.05) is 24.3 Å². The van der Waals surface area contributed by atoms with Gasteiger partial charge >= 0.3 is 5.97 Å². The fraction of sp³-hybridized carbons (Fsp3) is 0.474. The lowest BCUT2D eigenvalue weighted by Gasteiger charge is -2.29. The zero-order chi connectivity index (χ0) is 16.9. The summed E-state index contributed by atoms with van der Waals surface area (Å²) in [6, 6.07) is 7.68. The molecular weight excluding hydrogens is 306 g/mol. The monoisotopic (exact) mass is 329 g/mol. The molecule has 0 aromatic heterocycles. The van der Waals surface area contributed by atoms with Crippen LogP contribution < -0.4 is 10.1 Å². The Morgan fingerprint density at radius 3 is 2.88 bits per heavy atom. The summed E-state index contributed by atoms with van der Waals surface area (Å²) in [4.78, 5) is 24.1. The van der Waals surface area contributed by atoms with Crippen LogP contribution in [0.5, 0.6) is 5.75 Å². The summed E-state index contributed by atoms with van der Waals surface area (Å²) >= 11 is 0. The van der Waals surface area contributed by atoms with Gasteiger partial charge in [-0.1, -0.05) is 38.0 Å². The Bertz CT molecular complexity index is 653. The molecule has 1 fully saturated rings. The lowest BCUT2D eigenvalue weighted by molar-refractivity contribution is -0.145. The van der Waals surface area contributed by atoms with E-state index in [9.17, 15) is 9.59 Å². The lowest BCUT2D eigenvalue weighted by atomic mass is 9.86. The number of hydrogen-bond donors (Lipinski definition) is 1. The van der Waals surface area contributed by atoms with Gasteiger partial charge in [0.2, 0.25) is 0 Å². The third kappa shape index (κ3) is 3.96. The van der Waals surface area contributed by atoms with Crippen LogP contribution in [0.2, 0.25) is 0 Å². The number of carbonyl (C=O) groups excluding carboxylic acids is 2. The molecular formula is C19H23NO4. The lowest BCUT2D eigenvalue weighted by Crippen LogP contribution is -2.43. The average Bonchev–Trinajstić information content (AvgIpc) is 2.61. The van der Waals surface area contributed by atoms with E-state index >= 15 is 0 Å². The minimum atomic E-state index is -0.503. The number of carbonyl (C=O) groups is 2. The van der Waals surface area contributed by atoms with Gasteiger partial charge in [0.25, 0.3) is 5.91 Å². The minimum absolute atomic E-state index is 0.164. The molecule has 1 heterocycles. The fourth-order valence-corrected chi connectivity index (χ4v) is 3.24. The molecule has 2 atom stereocenters. The summed E-state index contributed by atoms with van der Waals surface area (Å²) < 4.78 is 10.7. The Kier molecular flexibility index (Phi) is 5.18. The van der Waals surface area contributed by atoms with Crippen LogP contribution in [0.3, 0.4) is 0 Å². The molecule has 0 bridgehead atoms. The maximum atomic E-state index is 12.1. The number of para-hydroxylation sites is 1. The van der Waals surface area contributed by atoms with Gasteiger partial charge in [-0.3, -0.25) is 4.79 Å². The second-order valence-electron chi connectivity index (χ2n) is 6.51. The smallest absolute Gasteiger partial charge is 0.338 e. The van der Waals surface area contributed by atoms with Crippen LogP contribution in [-0.2, 0) is 14.3 Å². The van der Waals surface area contributed by atoms with E-state index in [1.165, 1.54) is 6.42 Å². The Morgan fingerprint density at radius 1 is 1.25 bits per heavy atom. The van der Waals surface area contributed by atoms with Gasteiger partial charge in [0.1, 0.15) is 12.4 Å². The molecule has 1 amide bonds. The van der Waals surface area contributed by atoms with Gasteiger partial charge in [0.15, 0.2) is 6.61 Å². The average molecular weight is 329 g/mol. The van der Waals surface area contributed by atoms with E-state index < -0.39 is 5.97 Å². The third-order valence-corrected chi connectivity index (χ3v) is 4.69. The van der Waals surface area contributed by atoms with Gasteiger partial charge in [0, 0.05) is 11.6 Å². The molecule has 1 aliphatic heterocycles. The van der Waals surface area contributed by atoms with Crippen molar-refractivity contribution in [1.29, 1.82) is 0 Å². The van der Waals surface area contributed by atoms with Crippen LogP contribution in [0.1, 0.15) is 38.2 Å². The van der Waals surface area contributed by atoms with Crippen molar-refractivity contribution >= 4 is 18.0 Å². The third-order valence-electron chi connectivity index (χ3n) is 4.69. The molecule has 1 aliphatic carbocycles. The van der Waals surface area contributed by atoms with E-state index in [2.05, 4.69) is 12.2 Å². The van der Waals surface area contributed by atoms with Crippen molar-refractivity contribution in [2.45, 2.75) is 38.6 Å². The summed E-state index contributed by atoms with van der Waals surface area (Å²) in [5, 5.41) is 2.98. The topological polar surface area (TPSA) is 64.6 Å². The van der Waals surface area contributed by atoms with Gasteiger partial charge in [-0.05, 0) is 30.9 Å². The fourth-order valence-electron chi connectivity index (χ4n) is 3.24. The number of amides is 1. The number of ether oxygens (including phenoxy) is 2. The van der Waals surface area contributed by atoms with Crippen molar-refractivity contribution in [3.63, 3.8) is 0 Å². The normalized spacial score (nSPS) is 22.6. The largest absolute Gasteiger partial charge is 0.488 e. The molecule has 1 saturated carbocycles. The van der Waals surface area contributed by atoms with Crippen molar-refractivity contribution in [2.75, 3.05) is 13.2 Å². The number of benzene rings is 1. The Balaban J connectivity index is 1.51. The Morgan fingerprint density at radius 2 is 2.04 bits per heavy atom. The van der Waals surface area contributed by atoms with Crippen LogP contribution in [0.4, 0.5) is 0 Å². The highest BCUT2D eigenvalue weighted by Crippen LogP contribution is 2.26. The molecule has 5 heteroatoms. The SMILES string of the molecule is C[C@@H]1CCCC[C@@H]1NC(=O)COC(=O)C1=Cc2ccccc2OC1. The van der Waals surface area contributed by atoms with E-state index in [4.69, 9.17) is 9.47 Å². The summed E-state index contributed by atoms with van der Waals surface area (Å²) in [7, 11) is 0. The summed E-state index contributed by atoms with van der Waals surface area (Å²) in [6.45, 7) is 2.07. The van der Waals surface area contributed by atoms with E-state index in [0.717, 1.165) is 30.6 Å². The first-order valence-electron chi connectivity index (χ1n) is 8.52. The molecule has 0 saturated heterocycles. The summed E-state index contributed by atoms with van der Waals surface area (Å²) in [5.74, 6) is 0.485. The van der Waals surface area contributed by atoms with Crippen molar-refractivity contribution in [1.82, 2.24) is 5.32 Å². The molecule has 0 radical (unpaired) electrons. The first-order valence-corrected chi connectivity index (χ1v) is 8.52. The highest BCUT2D eigenvalue weighted by molar-refractivity contribution is 5.96. The predicted octanol–water partition coefficient (Wildman–Crippen LogP) is 2.70. The number of rotatable bonds is 4. The van der Waals surface area contributed by atoms with Crippen LogP contribution in [0.15, 0.2) is 29.8 Å². The predicted molar refractivity (Wildman–Crippen MR) is 90.4 cm³/mol. The van der Waals surface area contributed by atoms with Crippen LogP contribution in [-0.4, -0.2) is 31.1 Å². The van der Waals surface area contributed by atoms with Gasteiger partial charge in [0.05, 0.1) is 5.57 Å². The molecule has 24 heavy (non-hydrogen) atoms. The molecule has 1 aromatic rings. The first kappa shape index (κ1) is 16.6. The number of fused-ring (bicyclic) bond motifs is 1. The second-order valence-corrected chi connectivity index (χ2v) is 6.51. The molecule has 5 nitrogen and oxygen atoms in total. The highest BCUT2D eigenvalue weighted by Gasteiger charge is 2.24. The zero-order valence-electron chi connectivity index (χ0n) is 13.9. The molecule has 128 valence electrons. The Labute approximate surface area is 142 Å². The van der Waals surface area contributed by atoms with Gasteiger partial charge < -0.3 is 14.8 Å². The van der Waals surface area contributed by atoms with Crippen molar-refractivity contribution in [3.05, 3.63) is 35.4 Å². The maximum absolute atomic E-state index is 12.1. The number of nitrogens with one attached hydrogen (secondary N) is 1. The van der Waals surface area contributed by atoms with Crippen molar-refractivity contribution < 1.29 is 19.1 Å².